The molecule has 0 aromatic carbocycles. The van der Waals surface area contributed by atoms with E-state index in [1.807, 2.05) is 18.4 Å². The first-order valence-electron chi connectivity index (χ1n) is 9.20. The van der Waals surface area contributed by atoms with Crippen LogP contribution in [-0.2, 0) is 19.9 Å². The molecule has 0 bridgehead atoms. The molecule has 3 aromatic heterocycles. The van der Waals surface area contributed by atoms with Crippen LogP contribution < -0.4 is 9.42 Å². The van der Waals surface area contributed by atoms with E-state index in [2.05, 4.69) is 25.1 Å². The summed E-state index contributed by atoms with van der Waals surface area (Å²) in [6, 6.07) is -1.51. The van der Waals surface area contributed by atoms with E-state index in [9.17, 15) is 13.2 Å². The minimum Gasteiger partial charge on any atom is -0.327 e. The van der Waals surface area contributed by atoms with Crippen LogP contribution in [-0.4, -0.2) is 48.6 Å². The van der Waals surface area contributed by atoms with E-state index in [0.717, 1.165) is 22.9 Å². The number of aromatic amines is 1. The number of nitrogens with zero attached hydrogens (tertiary/aromatic N) is 7. The molecule has 1 fully saturated rings. The summed E-state index contributed by atoms with van der Waals surface area (Å²) in [5.41, 5.74) is 1.77. The van der Waals surface area contributed by atoms with Crippen molar-refractivity contribution in [2.24, 2.45) is 7.05 Å². The number of aryl methyl sites for hydroxylation is 5. The number of rotatable bonds is 4. The lowest BCUT2D eigenvalue weighted by Gasteiger charge is -2.25. The van der Waals surface area contributed by atoms with Gasteiger partial charge in [-0.05, 0) is 19.8 Å². The highest BCUT2D eigenvalue weighted by Crippen LogP contribution is 2.34. The van der Waals surface area contributed by atoms with Gasteiger partial charge in [0.25, 0.3) is 11.5 Å². The molecular formula is C17H22F3N8+. The van der Waals surface area contributed by atoms with Crippen molar-refractivity contribution in [1.82, 2.24) is 29.8 Å². The number of anilines is 1. The van der Waals surface area contributed by atoms with Crippen molar-refractivity contribution >= 4 is 11.6 Å². The zero-order chi connectivity index (χ0) is 20.1. The summed E-state index contributed by atoms with van der Waals surface area (Å²) in [7, 11) is 1.70. The number of fused-ring (bicyclic) bond motifs is 1. The average Bonchev–Trinajstić information content (AvgIpc) is 3.33. The highest BCUT2D eigenvalue weighted by molar-refractivity contribution is 5.37. The van der Waals surface area contributed by atoms with Crippen molar-refractivity contribution in [3.8, 4) is 0 Å². The maximum absolute atomic E-state index is 13.2. The fourth-order valence-electron chi connectivity index (χ4n) is 3.62. The first-order valence-corrected chi connectivity index (χ1v) is 9.20. The van der Waals surface area contributed by atoms with Crippen molar-refractivity contribution in [3.05, 3.63) is 29.2 Å². The fourth-order valence-corrected chi connectivity index (χ4v) is 3.62. The molecule has 11 heteroatoms. The molecule has 4 rings (SSSR count). The quantitative estimate of drug-likeness (QED) is 0.679. The lowest BCUT2D eigenvalue weighted by Crippen LogP contribution is -2.41. The minimum atomic E-state index is -4.27. The second-order valence-corrected chi connectivity index (χ2v) is 7.16. The molecule has 8 nitrogen and oxygen atoms in total. The normalized spacial score (nSPS) is 17.8. The van der Waals surface area contributed by atoms with Crippen LogP contribution in [0.4, 0.5) is 19.1 Å². The van der Waals surface area contributed by atoms with Crippen molar-refractivity contribution in [2.75, 3.05) is 11.4 Å². The maximum Gasteiger partial charge on any atom is 0.408 e. The summed E-state index contributed by atoms with van der Waals surface area (Å²) in [5.74, 6) is 2.33. The van der Waals surface area contributed by atoms with E-state index in [-0.39, 0.29) is 12.4 Å². The van der Waals surface area contributed by atoms with Crippen LogP contribution in [0.25, 0.3) is 5.65 Å². The van der Waals surface area contributed by atoms with Crippen LogP contribution in [0.1, 0.15) is 35.9 Å². The first-order chi connectivity index (χ1) is 13.2. The average molecular weight is 395 g/mol. The topological polar surface area (TPSA) is 79.6 Å². The molecule has 28 heavy (non-hydrogen) atoms. The standard InChI is InChI=1S/C17H21F3N8/c1-10-9-21-11(2)28-15(10)22-13(24-28)6-7-14-23-16(25-26(14)3)27-8-4-5-12(27)17(18,19)20/h9,12H,4-8H2,1-3H3/p+1/t12-/m1/s1. The van der Waals surface area contributed by atoms with Crippen LogP contribution in [0.15, 0.2) is 6.20 Å². The third-order valence-electron chi connectivity index (χ3n) is 5.13. The number of nitrogens with one attached hydrogen (secondary N) is 1. The highest BCUT2D eigenvalue weighted by atomic mass is 19.4. The Labute approximate surface area is 159 Å². The molecule has 1 aliphatic rings. The van der Waals surface area contributed by atoms with Crippen LogP contribution in [0.2, 0.25) is 0 Å². The molecule has 0 spiro atoms. The molecule has 1 saturated heterocycles. The molecule has 0 amide bonds. The summed E-state index contributed by atoms with van der Waals surface area (Å²) in [6.07, 6.45) is -0.849. The first kappa shape index (κ1) is 18.6. The molecule has 0 unspecified atom stereocenters. The van der Waals surface area contributed by atoms with E-state index in [1.54, 1.807) is 17.9 Å². The summed E-state index contributed by atoms with van der Waals surface area (Å²) in [4.78, 5) is 14.5. The third kappa shape index (κ3) is 3.29. The number of aromatic nitrogens is 7. The second kappa shape index (κ2) is 6.71. The van der Waals surface area contributed by atoms with E-state index >= 15 is 0 Å². The van der Waals surface area contributed by atoms with Gasteiger partial charge in [0.1, 0.15) is 18.1 Å². The van der Waals surface area contributed by atoms with Crippen LogP contribution in [0.3, 0.4) is 0 Å². The molecule has 1 N–H and O–H groups in total. The predicted octanol–water partition coefficient (Wildman–Crippen LogP) is 1.61. The van der Waals surface area contributed by atoms with Crippen molar-refractivity contribution in [2.45, 2.75) is 51.7 Å². The van der Waals surface area contributed by atoms with Crippen LogP contribution in [0.5, 0.6) is 0 Å². The minimum absolute atomic E-state index is 0.0834. The second-order valence-electron chi connectivity index (χ2n) is 7.16. The zero-order valence-corrected chi connectivity index (χ0v) is 16.0. The van der Waals surface area contributed by atoms with Crippen molar-refractivity contribution < 1.29 is 17.7 Å². The molecule has 0 aliphatic carbocycles. The fraction of sp³-hybridized carbons (Fsp3) is 0.588. The van der Waals surface area contributed by atoms with Gasteiger partial charge in [-0.2, -0.15) is 18.2 Å². The summed E-state index contributed by atoms with van der Waals surface area (Å²) in [6.45, 7) is 4.14. The molecule has 150 valence electrons. The van der Waals surface area contributed by atoms with Gasteiger partial charge < -0.3 is 4.90 Å². The summed E-state index contributed by atoms with van der Waals surface area (Å²) >= 11 is 0. The number of hydrogen-bond acceptors (Lipinski definition) is 5. The Morgan fingerprint density at radius 2 is 2.04 bits per heavy atom. The lowest BCUT2D eigenvalue weighted by atomic mass is 10.2. The molecule has 0 saturated carbocycles. The number of halogens is 3. The maximum atomic E-state index is 13.2. The predicted molar refractivity (Wildman–Crippen MR) is 93.9 cm³/mol. The third-order valence-corrected chi connectivity index (χ3v) is 5.13. The largest absolute Gasteiger partial charge is 0.408 e. The number of H-pyrrole nitrogens is 1. The Bertz CT molecular complexity index is 967. The van der Waals surface area contributed by atoms with Crippen molar-refractivity contribution in [3.63, 3.8) is 0 Å². The van der Waals surface area contributed by atoms with E-state index in [0.29, 0.717) is 31.6 Å². The van der Waals surface area contributed by atoms with Gasteiger partial charge in [-0.1, -0.05) is 4.98 Å². The molecule has 1 aliphatic heterocycles. The van der Waals surface area contributed by atoms with Crippen molar-refractivity contribution in [1.29, 1.82) is 0 Å². The van der Waals surface area contributed by atoms with Crippen LogP contribution >= 0.6 is 0 Å². The van der Waals surface area contributed by atoms with Gasteiger partial charge in [-0.15, -0.1) is 14.6 Å². The Balaban J connectivity index is 1.52. The summed E-state index contributed by atoms with van der Waals surface area (Å²) < 4.78 is 43.0. The molecular weight excluding hydrogens is 373 g/mol. The molecule has 3 aromatic rings. The molecule has 0 radical (unpaired) electrons. The van der Waals surface area contributed by atoms with Gasteiger partial charge in [0.15, 0.2) is 0 Å². The van der Waals surface area contributed by atoms with E-state index in [4.69, 9.17) is 0 Å². The molecule has 1 atom stereocenters. The summed E-state index contributed by atoms with van der Waals surface area (Å²) in [5, 5.41) is 7.44. The molecule has 4 heterocycles. The zero-order valence-electron chi connectivity index (χ0n) is 16.0. The monoisotopic (exact) mass is 395 g/mol. The Kier molecular flexibility index (Phi) is 4.47. The van der Waals surface area contributed by atoms with Gasteiger partial charge in [-0.25, -0.2) is 5.10 Å². The number of hydrogen-bond donors (Lipinski definition) is 1. The Hall–Kier alpha value is -2.72. The van der Waals surface area contributed by atoms with Gasteiger partial charge in [0.2, 0.25) is 11.8 Å². The lowest BCUT2D eigenvalue weighted by molar-refractivity contribution is -0.589. The van der Waals surface area contributed by atoms with E-state index in [1.165, 1.54) is 4.90 Å². The smallest absolute Gasteiger partial charge is 0.327 e. The Morgan fingerprint density at radius 3 is 2.75 bits per heavy atom. The highest BCUT2D eigenvalue weighted by Gasteiger charge is 2.47. The van der Waals surface area contributed by atoms with Crippen LogP contribution in [0, 0.1) is 13.8 Å². The SMILES string of the molecule is Cc1cnc(C)[n+]2[nH]c(CCc3nc(N4CCC[C@@H]4C(F)(F)F)nn3C)nc12. The van der Waals surface area contributed by atoms with Gasteiger partial charge in [0.05, 0.1) is 5.56 Å². The number of alkyl halides is 3. The van der Waals surface area contributed by atoms with Gasteiger partial charge in [0, 0.05) is 33.4 Å². The van der Waals surface area contributed by atoms with E-state index < -0.39 is 12.2 Å². The Morgan fingerprint density at radius 1 is 1.25 bits per heavy atom. The van der Waals surface area contributed by atoms with Gasteiger partial charge >= 0.3 is 6.18 Å². The van der Waals surface area contributed by atoms with Gasteiger partial charge in [-0.3, -0.25) is 4.68 Å².